The average molecular weight is 374 g/mol. The third-order valence-electron chi connectivity index (χ3n) is 4.98. The van der Waals surface area contributed by atoms with Crippen molar-refractivity contribution in [2.45, 2.75) is 18.9 Å². The molecule has 1 atom stereocenters. The number of nitrogens with zero attached hydrogens (tertiary/aromatic N) is 2. The summed E-state index contributed by atoms with van der Waals surface area (Å²) in [6.07, 6.45) is 2.66. The molecule has 2 amide bonds. The number of aromatic amines is 1. The van der Waals surface area contributed by atoms with Gasteiger partial charge < -0.3 is 15.2 Å². The van der Waals surface area contributed by atoms with Gasteiger partial charge in [0.05, 0.1) is 12.4 Å². The van der Waals surface area contributed by atoms with E-state index in [2.05, 4.69) is 27.4 Å². The Hall–Kier alpha value is -3.41. The fourth-order valence-corrected chi connectivity index (χ4v) is 3.53. The van der Waals surface area contributed by atoms with Gasteiger partial charge in [-0.05, 0) is 12.0 Å². The molecule has 6 nitrogen and oxygen atoms in total. The maximum Gasteiger partial charge on any atom is 0.270 e. The summed E-state index contributed by atoms with van der Waals surface area (Å²) < 4.78 is 0. The van der Waals surface area contributed by atoms with E-state index in [9.17, 15) is 9.59 Å². The Morgan fingerprint density at radius 3 is 2.57 bits per heavy atom. The van der Waals surface area contributed by atoms with Crippen LogP contribution in [0, 0.1) is 0 Å². The van der Waals surface area contributed by atoms with Crippen molar-refractivity contribution in [1.82, 2.24) is 20.2 Å². The molecule has 1 fully saturated rings. The van der Waals surface area contributed by atoms with Gasteiger partial charge >= 0.3 is 0 Å². The number of hydrogen-bond acceptors (Lipinski definition) is 3. The SMILES string of the molecule is O=C(N[C@H]1CC(=O)N(CCc2ccccc2)C1)c1[nH]cnc1-c1ccccc1. The van der Waals surface area contributed by atoms with Gasteiger partial charge in [0, 0.05) is 25.1 Å². The van der Waals surface area contributed by atoms with E-state index < -0.39 is 0 Å². The second-order valence-corrected chi connectivity index (χ2v) is 6.94. The van der Waals surface area contributed by atoms with Crippen LogP contribution in [0.25, 0.3) is 11.3 Å². The molecule has 6 heteroatoms. The third kappa shape index (κ3) is 3.96. The first-order valence-corrected chi connectivity index (χ1v) is 9.42. The van der Waals surface area contributed by atoms with Crippen molar-refractivity contribution in [3.05, 3.63) is 78.2 Å². The predicted molar refractivity (Wildman–Crippen MR) is 107 cm³/mol. The molecule has 2 aromatic carbocycles. The number of aromatic nitrogens is 2. The van der Waals surface area contributed by atoms with E-state index in [0.717, 1.165) is 12.0 Å². The van der Waals surface area contributed by atoms with E-state index in [-0.39, 0.29) is 17.9 Å². The minimum absolute atomic E-state index is 0.0779. The largest absolute Gasteiger partial charge is 0.346 e. The number of carbonyl (C=O) groups is 2. The van der Waals surface area contributed by atoms with Gasteiger partial charge in [-0.2, -0.15) is 0 Å². The maximum atomic E-state index is 12.7. The molecule has 28 heavy (non-hydrogen) atoms. The molecule has 2 N–H and O–H groups in total. The molecular formula is C22H22N4O2. The van der Waals surface area contributed by atoms with Gasteiger partial charge in [-0.15, -0.1) is 0 Å². The third-order valence-corrected chi connectivity index (χ3v) is 4.98. The van der Waals surface area contributed by atoms with Crippen molar-refractivity contribution in [2.75, 3.05) is 13.1 Å². The fraction of sp³-hybridized carbons (Fsp3) is 0.227. The highest BCUT2D eigenvalue weighted by molar-refractivity contribution is 5.98. The second-order valence-electron chi connectivity index (χ2n) is 6.94. The number of carbonyl (C=O) groups excluding carboxylic acids is 2. The number of hydrogen-bond donors (Lipinski definition) is 2. The Morgan fingerprint density at radius 1 is 1.11 bits per heavy atom. The lowest BCUT2D eigenvalue weighted by Crippen LogP contribution is -2.37. The number of imidazole rings is 1. The van der Waals surface area contributed by atoms with E-state index in [1.54, 1.807) is 0 Å². The first-order valence-electron chi connectivity index (χ1n) is 9.42. The van der Waals surface area contributed by atoms with Crippen LogP contribution in [0.2, 0.25) is 0 Å². The van der Waals surface area contributed by atoms with Crippen molar-refractivity contribution in [2.24, 2.45) is 0 Å². The Morgan fingerprint density at radius 2 is 1.82 bits per heavy atom. The lowest BCUT2D eigenvalue weighted by atomic mass is 10.1. The fourth-order valence-electron chi connectivity index (χ4n) is 3.53. The van der Waals surface area contributed by atoms with Gasteiger partial charge in [0.15, 0.2) is 0 Å². The van der Waals surface area contributed by atoms with Crippen molar-refractivity contribution < 1.29 is 9.59 Å². The summed E-state index contributed by atoms with van der Waals surface area (Å²) in [5, 5.41) is 2.98. The first kappa shape index (κ1) is 18.0. The zero-order valence-electron chi connectivity index (χ0n) is 15.5. The molecule has 0 unspecified atom stereocenters. The minimum Gasteiger partial charge on any atom is -0.346 e. The zero-order valence-corrected chi connectivity index (χ0v) is 15.5. The lowest BCUT2D eigenvalue weighted by Gasteiger charge is -2.17. The number of nitrogens with one attached hydrogen (secondary N) is 2. The van der Waals surface area contributed by atoms with Gasteiger partial charge in [0.2, 0.25) is 5.91 Å². The van der Waals surface area contributed by atoms with Crippen LogP contribution in [-0.4, -0.2) is 45.8 Å². The molecule has 0 saturated carbocycles. The summed E-state index contributed by atoms with van der Waals surface area (Å²) in [5.74, 6) is -0.159. The molecule has 1 aliphatic heterocycles. The number of H-pyrrole nitrogens is 1. The first-order chi connectivity index (χ1) is 13.7. The Kier molecular flexibility index (Phi) is 5.19. The Balaban J connectivity index is 1.37. The number of rotatable bonds is 6. The van der Waals surface area contributed by atoms with E-state index in [1.165, 1.54) is 11.9 Å². The molecule has 0 bridgehead atoms. The molecule has 2 heterocycles. The minimum atomic E-state index is -0.237. The molecular weight excluding hydrogens is 352 g/mol. The summed E-state index contributed by atoms with van der Waals surface area (Å²) >= 11 is 0. The molecule has 1 aromatic heterocycles. The molecule has 3 aromatic rings. The van der Waals surface area contributed by atoms with Gasteiger partial charge in [0.25, 0.3) is 5.91 Å². The highest BCUT2D eigenvalue weighted by Crippen LogP contribution is 2.20. The number of benzene rings is 2. The van der Waals surface area contributed by atoms with Crippen molar-refractivity contribution in [1.29, 1.82) is 0 Å². The predicted octanol–water partition coefficient (Wildman–Crippen LogP) is 2.65. The highest BCUT2D eigenvalue weighted by Gasteiger charge is 2.31. The summed E-state index contributed by atoms with van der Waals surface area (Å²) in [5.41, 5.74) is 3.11. The van der Waals surface area contributed by atoms with Gasteiger partial charge in [-0.25, -0.2) is 4.98 Å². The quantitative estimate of drug-likeness (QED) is 0.696. The average Bonchev–Trinajstić information content (AvgIpc) is 3.35. The topological polar surface area (TPSA) is 78.1 Å². The van der Waals surface area contributed by atoms with Crippen LogP contribution >= 0.6 is 0 Å². The van der Waals surface area contributed by atoms with E-state index in [4.69, 9.17) is 0 Å². The number of amides is 2. The van der Waals surface area contributed by atoms with E-state index >= 15 is 0 Å². The Labute approximate surface area is 163 Å². The van der Waals surface area contributed by atoms with Crippen LogP contribution in [-0.2, 0) is 11.2 Å². The number of likely N-dealkylation sites (tertiary alicyclic amines) is 1. The summed E-state index contributed by atoms with van der Waals surface area (Å²) in [6, 6.07) is 19.5. The van der Waals surface area contributed by atoms with Crippen LogP contribution in [0.4, 0.5) is 0 Å². The summed E-state index contributed by atoms with van der Waals surface area (Å²) in [6.45, 7) is 1.20. The molecule has 0 aliphatic carbocycles. The zero-order chi connectivity index (χ0) is 19.3. The van der Waals surface area contributed by atoms with Gasteiger partial charge in [-0.1, -0.05) is 60.7 Å². The van der Waals surface area contributed by atoms with Crippen molar-refractivity contribution >= 4 is 11.8 Å². The van der Waals surface area contributed by atoms with Gasteiger partial charge in [0.1, 0.15) is 11.4 Å². The molecule has 0 radical (unpaired) electrons. The summed E-state index contributed by atoms with van der Waals surface area (Å²) in [4.78, 5) is 34.1. The Bertz CT molecular complexity index is 953. The second kappa shape index (κ2) is 8.08. The van der Waals surface area contributed by atoms with Crippen LogP contribution in [0.5, 0.6) is 0 Å². The van der Waals surface area contributed by atoms with E-state index in [1.807, 2.05) is 53.4 Å². The van der Waals surface area contributed by atoms with Gasteiger partial charge in [-0.3, -0.25) is 9.59 Å². The highest BCUT2D eigenvalue weighted by atomic mass is 16.2. The van der Waals surface area contributed by atoms with Crippen LogP contribution < -0.4 is 5.32 Å². The monoisotopic (exact) mass is 374 g/mol. The summed E-state index contributed by atoms with van der Waals surface area (Å²) in [7, 11) is 0. The molecule has 0 spiro atoms. The van der Waals surface area contributed by atoms with Crippen LogP contribution in [0.15, 0.2) is 67.0 Å². The standard InChI is InChI=1S/C22H22N4O2/c27-19-13-18(14-26(19)12-11-16-7-3-1-4-8-16)25-22(28)21-20(23-15-24-21)17-9-5-2-6-10-17/h1-10,15,18H,11-14H2,(H,23,24)(H,25,28)/t18-/m0/s1. The van der Waals surface area contributed by atoms with Crippen LogP contribution in [0.1, 0.15) is 22.5 Å². The van der Waals surface area contributed by atoms with Crippen LogP contribution in [0.3, 0.4) is 0 Å². The molecule has 1 aliphatic rings. The molecule has 142 valence electrons. The molecule has 1 saturated heterocycles. The van der Waals surface area contributed by atoms with Crippen molar-refractivity contribution in [3.63, 3.8) is 0 Å². The smallest absolute Gasteiger partial charge is 0.270 e. The van der Waals surface area contributed by atoms with Crippen molar-refractivity contribution in [3.8, 4) is 11.3 Å². The molecule has 4 rings (SSSR count). The van der Waals surface area contributed by atoms with E-state index in [0.29, 0.717) is 30.9 Å². The maximum absolute atomic E-state index is 12.7. The normalized spacial score (nSPS) is 16.4. The lowest BCUT2D eigenvalue weighted by molar-refractivity contribution is -0.127.